The summed E-state index contributed by atoms with van der Waals surface area (Å²) in [5.74, 6) is -4.76. The minimum atomic E-state index is -3.93. The summed E-state index contributed by atoms with van der Waals surface area (Å²) in [5.41, 5.74) is 4.86. The minimum absolute atomic E-state index is 0.138. The molecule has 196 valence electrons. The molecule has 1 aliphatic rings. The summed E-state index contributed by atoms with van der Waals surface area (Å²) in [6, 6.07) is 4.14. The number of nitrogens with zero attached hydrogens (tertiary/aromatic N) is 3. The number of nitrogens with one attached hydrogen (secondary N) is 1. The van der Waals surface area contributed by atoms with Gasteiger partial charge in [-0.3, -0.25) is 9.78 Å². The van der Waals surface area contributed by atoms with E-state index >= 15 is 0 Å². The van der Waals surface area contributed by atoms with Crippen molar-refractivity contribution in [2.45, 2.75) is 24.0 Å². The van der Waals surface area contributed by atoms with Gasteiger partial charge in [0.15, 0.2) is 9.84 Å². The van der Waals surface area contributed by atoms with Crippen molar-refractivity contribution in [2.75, 3.05) is 29.6 Å². The van der Waals surface area contributed by atoms with Gasteiger partial charge < -0.3 is 21.1 Å². The molecule has 13 heteroatoms. The number of nitrogens with two attached hydrogens (primary N) is 1. The van der Waals surface area contributed by atoms with E-state index in [4.69, 9.17) is 5.73 Å². The van der Waals surface area contributed by atoms with Gasteiger partial charge in [-0.05, 0) is 30.3 Å². The van der Waals surface area contributed by atoms with Gasteiger partial charge in [0, 0.05) is 37.5 Å². The topological polar surface area (TPSA) is 139 Å². The Bertz CT molecular complexity index is 1440. The van der Waals surface area contributed by atoms with Gasteiger partial charge in [0.05, 0.1) is 34.1 Å². The summed E-state index contributed by atoms with van der Waals surface area (Å²) in [4.78, 5) is 22.1. The van der Waals surface area contributed by atoms with Crippen molar-refractivity contribution in [2.24, 2.45) is 11.7 Å². The zero-order valence-electron chi connectivity index (χ0n) is 19.8. The molecule has 0 saturated carbocycles. The van der Waals surface area contributed by atoms with E-state index in [2.05, 4.69) is 15.3 Å². The van der Waals surface area contributed by atoms with Crippen LogP contribution in [0, 0.1) is 23.4 Å². The smallest absolute Gasteiger partial charge is 0.274 e. The molecular weight excluding hydrogens is 511 g/mol. The number of carbonyl (C=O) groups is 1. The van der Waals surface area contributed by atoms with Gasteiger partial charge in [-0.2, -0.15) is 0 Å². The van der Waals surface area contributed by atoms with Crippen molar-refractivity contribution in [3.8, 4) is 11.3 Å². The highest BCUT2D eigenvalue weighted by molar-refractivity contribution is 7.90. The van der Waals surface area contributed by atoms with Gasteiger partial charge in [0.2, 0.25) is 0 Å². The lowest BCUT2D eigenvalue weighted by Gasteiger charge is -2.40. The molecule has 3 atom stereocenters. The van der Waals surface area contributed by atoms with Gasteiger partial charge >= 0.3 is 0 Å². The number of aliphatic hydroxyl groups is 1. The van der Waals surface area contributed by atoms with Crippen LogP contribution >= 0.6 is 0 Å². The van der Waals surface area contributed by atoms with E-state index in [1.165, 1.54) is 12.4 Å². The molecule has 1 aliphatic heterocycles. The Hall–Kier alpha value is -3.55. The van der Waals surface area contributed by atoms with E-state index in [0.717, 1.165) is 18.4 Å². The maximum atomic E-state index is 14.7. The summed E-state index contributed by atoms with van der Waals surface area (Å²) in [6.45, 7) is 2.63. The van der Waals surface area contributed by atoms with Crippen LogP contribution in [-0.2, 0) is 9.84 Å². The highest BCUT2D eigenvalue weighted by atomic mass is 32.2. The lowest BCUT2D eigenvalue weighted by Crippen LogP contribution is -2.55. The van der Waals surface area contributed by atoms with E-state index in [9.17, 15) is 31.5 Å². The Kier molecular flexibility index (Phi) is 7.22. The quantitative estimate of drug-likeness (QED) is 0.453. The Balaban J connectivity index is 1.66. The zero-order valence-corrected chi connectivity index (χ0v) is 20.6. The number of pyridine rings is 2. The normalized spacial score (nSPS) is 20.1. The number of amides is 1. The van der Waals surface area contributed by atoms with Crippen LogP contribution < -0.4 is 16.0 Å². The van der Waals surface area contributed by atoms with Gasteiger partial charge in [-0.15, -0.1) is 0 Å². The predicted molar refractivity (Wildman–Crippen MR) is 130 cm³/mol. The van der Waals surface area contributed by atoms with Gasteiger partial charge in [0.1, 0.15) is 28.8 Å². The standard InChI is InChI=1S/C24H24F3N5O4S/c1-12-10-32(11-17(28)23(12)33)20-5-6-29-9-19(20)31-24(34)18-4-3-14(25)22(30-18)21-15(26)7-13(8-16(21)27)37(2,35)36/h3-9,12,17,23,33H,10-11,28H2,1-2H3,(H,31,34)/t12-,17+,23+/m0/s1. The summed E-state index contributed by atoms with van der Waals surface area (Å²) in [7, 11) is -3.93. The number of anilines is 2. The van der Waals surface area contributed by atoms with E-state index < -0.39 is 61.5 Å². The number of hydrogen-bond acceptors (Lipinski definition) is 8. The molecule has 3 aromatic rings. The number of rotatable bonds is 5. The largest absolute Gasteiger partial charge is 0.391 e. The first kappa shape index (κ1) is 26.5. The Labute approximate surface area is 211 Å². The molecule has 4 rings (SSSR count). The molecule has 1 saturated heterocycles. The fourth-order valence-electron chi connectivity index (χ4n) is 4.19. The highest BCUT2D eigenvalue weighted by Crippen LogP contribution is 2.31. The molecule has 0 unspecified atom stereocenters. The first-order valence-corrected chi connectivity index (χ1v) is 13.1. The van der Waals surface area contributed by atoms with Crippen molar-refractivity contribution < 1.29 is 31.5 Å². The number of sulfone groups is 1. The molecule has 2 aromatic heterocycles. The third-order valence-electron chi connectivity index (χ3n) is 6.11. The zero-order chi connectivity index (χ0) is 27.1. The maximum absolute atomic E-state index is 14.7. The second-order valence-corrected chi connectivity index (χ2v) is 11.0. The first-order chi connectivity index (χ1) is 17.4. The lowest BCUT2D eigenvalue weighted by atomic mass is 9.92. The summed E-state index contributed by atoms with van der Waals surface area (Å²) in [6.07, 6.45) is 3.01. The third-order valence-corrected chi connectivity index (χ3v) is 7.20. The Morgan fingerprint density at radius 1 is 1.14 bits per heavy atom. The third kappa shape index (κ3) is 5.43. The van der Waals surface area contributed by atoms with Crippen molar-refractivity contribution in [3.63, 3.8) is 0 Å². The number of carbonyl (C=O) groups excluding carboxylic acids is 1. The average Bonchev–Trinajstić information content (AvgIpc) is 2.82. The first-order valence-electron chi connectivity index (χ1n) is 11.2. The van der Waals surface area contributed by atoms with Gasteiger partial charge in [-0.1, -0.05) is 6.92 Å². The molecule has 0 bridgehead atoms. The molecule has 4 N–H and O–H groups in total. The van der Waals surface area contributed by atoms with E-state index in [-0.39, 0.29) is 17.3 Å². The predicted octanol–water partition coefficient (Wildman–Crippen LogP) is 2.36. The van der Waals surface area contributed by atoms with Crippen LogP contribution in [-0.4, -0.2) is 60.9 Å². The SMILES string of the molecule is C[C@H]1CN(c2ccncc2NC(=O)c2ccc(F)c(-c3c(F)cc(S(C)(=O)=O)cc3F)n2)C[C@@H](N)[C@@H]1O. The van der Waals surface area contributed by atoms with Crippen LogP contribution in [0.25, 0.3) is 11.3 Å². The monoisotopic (exact) mass is 535 g/mol. The number of piperidine rings is 1. The Morgan fingerprint density at radius 3 is 2.43 bits per heavy atom. The highest BCUT2D eigenvalue weighted by Gasteiger charge is 2.32. The molecule has 0 radical (unpaired) electrons. The van der Waals surface area contributed by atoms with Crippen molar-refractivity contribution >= 4 is 27.1 Å². The number of aliphatic hydroxyl groups excluding tert-OH is 1. The minimum Gasteiger partial charge on any atom is -0.391 e. The molecule has 9 nitrogen and oxygen atoms in total. The average molecular weight is 536 g/mol. The summed E-state index contributed by atoms with van der Waals surface area (Å²) < 4.78 is 67.2. The molecule has 3 heterocycles. The van der Waals surface area contributed by atoms with Crippen LogP contribution in [0.15, 0.2) is 47.6 Å². The molecule has 0 aliphatic carbocycles. The fraction of sp³-hybridized carbons (Fsp3) is 0.292. The molecular formula is C24H24F3N5O4S. The lowest BCUT2D eigenvalue weighted by molar-refractivity contribution is 0.0785. The fourth-order valence-corrected chi connectivity index (χ4v) is 4.83. The second kappa shape index (κ2) is 10.1. The number of aromatic nitrogens is 2. The van der Waals surface area contributed by atoms with Crippen LogP contribution in [0.4, 0.5) is 24.5 Å². The second-order valence-electron chi connectivity index (χ2n) is 8.94. The van der Waals surface area contributed by atoms with Crippen LogP contribution in [0.1, 0.15) is 17.4 Å². The Morgan fingerprint density at radius 2 is 1.81 bits per heavy atom. The van der Waals surface area contributed by atoms with E-state index in [1.54, 1.807) is 6.07 Å². The van der Waals surface area contributed by atoms with Crippen LogP contribution in [0.3, 0.4) is 0 Å². The molecule has 37 heavy (non-hydrogen) atoms. The summed E-state index contributed by atoms with van der Waals surface area (Å²) in [5, 5.41) is 12.8. The van der Waals surface area contributed by atoms with Crippen LogP contribution in [0.5, 0.6) is 0 Å². The number of benzene rings is 1. The van der Waals surface area contributed by atoms with Crippen LogP contribution in [0.2, 0.25) is 0 Å². The molecule has 1 aromatic carbocycles. The number of halogens is 3. The molecule has 0 spiro atoms. The van der Waals surface area contributed by atoms with E-state index in [0.29, 0.717) is 30.9 Å². The van der Waals surface area contributed by atoms with Crippen molar-refractivity contribution in [1.29, 1.82) is 0 Å². The molecule has 1 amide bonds. The van der Waals surface area contributed by atoms with Gasteiger partial charge in [-0.25, -0.2) is 26.6 Å². The maximum Gasteiger partial charge on any atom is 0.274 e. The van der Waals surface area contributed by atoms with Gasteiger partial charge in [0.25, 0.3) is 5.91 Å². The van der Waals surface area contributed by atoms with E-state index in [1.807, 2.05) is 11.8 Å². The number of hydrogen-bond donors (Lipinski definition) is 3. The van der Waals surface area contributed by atoms with Crippen molar-refractivity contribution in [3.05, 3.63) is 65.9 Å². The molecule has 1 fully saturated rings. The summed E-state index contributed by atoms with van der Waals surface area (Å²) >= 11 is 0. The van der Waals surface area contributed by atoms with Crippen molar-refractivity contribution in [1.82, 2.24) is 9.97 Å².